The van der Waals surface area contributed by atoms with Crippen LogP contribution >= 0.6 is 0 Å². The van der Waals surface area contributed by atoms with Gasteiger partial charge in [0.15, 0.2) is 0 Å². The van der Waals surface area contributed by atoms with Gasteiger partial charge in [-0.3, -0.25) is 0 Å². The second-order valence-corrected chi connectivity index (χ2v) is 5.80. The second kappa shape index (κ2) is 5.45. The Bertz CT molecular complexity index is 436. The third kappa shape index (κ3) is 3.06. The van der Waals surface area contributed by atoms with Crippen molar-refractivity contribution in [3.8, 4) is 0 Å². The topological polar surface area (TPSA) is 41.0 Å². The molecular weight excluding hydrogens is 236 g/mol. The van der Waals surface area contributed by atoms with Gasteiger partial charge in [-0.2, -0.15) is 0 Å². The Hall–Kier alpha value is -1.16. The lowest BCUT2D eigenvalue weighted by Crippen LogP contribution is -2.39. The molecule has 1 aromatic rings. The van der Waals surface area contributed by atoms with Crippen LogP contribution in [0.25, 0.3) is 0 Å². The maximum absolute atomic E-state index is 4.67. The van der Waals surface area contributed by atoms with Crippen LogP contribution in [0.5, 0.6) is 0 Å². The van der Waals surface area contributed by atoms with E-state index in [4.69, 9.17) is 0 Å². The van der Waals surface area contributed by atoms with Crippen LogP contribution in [-0.2, 0) is 6.42 Å². The monoisotopic (exact) mass is 260 g/mol. The summed E-state index contributed by atoms with van der Waals surface area (Å²) in [5.74, 6) is 2.04. The van der Waals surface area contributed by atoms with E-state index in [0.717, 1.165) is 30.3 Å². The van der Waals surface area contributed by atoms with Gasteiger partial charge in [-0.05, 0) is 45.6 Å². The highest BCUT2D eigenvalue weighted by molar-refractivity contribution is 5.43. The Labute approximate surface area is 115 Å². The average molecular weight is 260 g/mol. The molecule has 1 unspecified atom stereocenters. The fourth-order valence-electron chi connectivity index (χ4n) is 2.91. The quantitative estimate of drug-likeness (QED) is 0.880. The summed E-state index contributed by atoms with van der Waals surface area (Å²) in [6.45, 7) is 6.43. The Kier molecular flexibility index (Phi) is 3.69. The van der Waals surface area contributed by atoms with Crippen molar-refractivity contribution in [1.29, 1.82) is 0 Å². The second-order valence-electron chi connectivity index (χ2n) is 5.80. The molecule has 1 atom stereocenters. The lowest BCUT2D eigenvalue weighted by molar-refractivity contribution is 0.574. The molecule has 4 nitrogen and oxygen atoms in total. The minimum atomic E-state index is 0.640. The number of nitrogens with zero attached hydrogens (tertiary/aromatic N) is 3. The molecule has 19 heavy (non-hydrogen) atoms. The van der Waals surface area contributed by atoms with Crippen molar-refractivity contribution in [2.45, 2.75) is 58.0 Å². The van der Waals surface area contributed by atoms with Gasteiger partial charge in [-0.1, -0.05) is 6.92 Å². The van der Waals surface area contributed by atoms with Crippen molar-refractivity contribution in [2.24, 2.45) is 0 Å². The van der Waals surface area contributed by atoms with Crippen LogP contribution in [0, 0.1) is 6.92 Å². The average Bonchev–Trinajstić information content (AvgIpc) is 3.12. The summed E-state index contributed by atoms with van der Waals surface area (Å²) in [6.07, 6.45) is 6.23. The Balaban J connectivity index is 1.80. The number of aryl methyl sites for hydroxylation is 2. The van der Waals surface area contributed by atoms with Gasteiger partial charge in [-0.25, -0.2) is 9.97 Å². The van der Waals surface area contributed by atoms with Crippen molar-refractivity contribution in [2.75, 3.05) is 18.0 Å². The van der Waals surface area contributed by atoms with Crippen molar-refractivity contribution < 1.29 is 0 Å². The standard InChI is InChI=1S/C15H24N4/c1-3-12-9-15(18-11(2)17-12)19(14-6-7-14)10-13-5-4-8-16-13/h9,13-14,16H,3-8,10H2,1-2H3. The summed E-state index contributed by atoms with van der Waals surface area (Å²) in [6, 6.07) is 3.53. The van der Waals surface area contributed by atoms with Crippen LogP contribution in [0.4, 0.5) is 5.82 Å². The summed E-state index contributed by atoms with van der Waals surface area (Å²) < 4.78 is 0. The van der Waals surface area contributed by atoms with Gasteiger partial charge < -0.3 is 10.2 Å². The van der Waals surface area contributed by atoms with Crippen molar-refractivity contribution in [1.82, 2.24) is 15.3 Å². The molecule has 3 rings (SSSR count). The van der Waals surface area contributed by atoms with E-state index in [1.165, 1.54) is 32.2 Å². The zero-order chi connectivity index (χ0) is 13.2. The van der Waals surface area contributed by atoms with Crippen LogP contribution in [0.1, 0.15) is 44.1 Å². The SMILES string of the molecule is CCc1cc(N(CC2CCCN2)C2CC2)nc(C)n1. The predicted molar refractivity (Wildman–Crippen MR) is 77.5 cm³/mol. The molecule has 0 radical (unpaired) electrons. The van der Waals surface area contributed by atoms with E-state index < -0.39 is 0 Å². The van der Waals surface area contributed by atoms with E-state index in [1.807, 2.05) is 6.92 Å². The van der Waals surface area contributed by atoms with Gasteiger partial charge >= 0.3 is 0 Å². The molecule has 0 bridgehead atoms. The molecular formula is C15H24N4. The van der Waals surface area contributed by atoms with Gasteiger partial charge in [0.25, 0.3) is 0 Å². The number of anilines is 1. The van der Waals surface area contributed by atoms with Crippen LogP contribution in [0.15, 0.2) is 6.07 Å². The maximum atomic E-state index is 4.67. The molecule has 1 N–H and O–H groups in total. The molecule has 1 saturated heterocycles. The smallest absolute Gasteiger partial charge is 0.132 e. The first kappa shape index (κ1) is 12.9. The van der Waals surface area contributed by atoms with Gasteiger partial charge in [-0.15, -0.1) is 0 Å². The lowest BCUT2D eigenvalue weighted by Gasteiger charge is -2.27. The van der Waals surface area contributed by atoms with Crippen LogP contribution in [-0.4, -0.2) is 35.1 Å². The third-order valence-corrected chi connectivity index (χ3v) is 4.10. The number of rotatable bonds is 5. The fraction of sp³-hybridized carbons (Fsp3) is 0.733. The normalized spacial score (nSPS) is 22.7. The summed E-state index contributed by atoms with van der Waals surface area (Å²) in [4.78, 5) is 11.7. The largest absolute Gasteiger partial charge is 0.352 e. The lowest BCUT2D eigenvalue weighted by atomic mass is 10.2. The molecule has 2 aliphatic rings. The number of hydrogen-bond donors (Lipinski definition) is 1. The molecule has 0 aromatic carbocycles. The summed E-state index contributed by atoms with van der Waals surface area (Å²) >= 11 is 0. The van der Waals surface area contributed by atoms with E-state index in [1.54, 1.807) is 0 Å². The Morgan fingerprint density at radius 1 is 1.32 bits per heavy atom. The minimum Gasteiger partial charge on any atom is -0.352 e. The van der Waals surface area contributed by atoms with Crippen molar-refractivity contribution in [3.63, 3.8) is 0 Å². The summed E-state index contributed by atoms with van der Waals surface area (Å²) in [5.41, 5.74) is 1.16. The molecule has 1 aliphatic heterocycles. The number of hydrogen-bond acceptors (Lipinski definition) is 4. The first-order chi connectivity index (χ1) is 9.26. The Morgan fingerprint density at radius 3 is 2.79 bits per heavy atom. The van der Waals surface area contributed by atoms with E-state index in [-0.39, 0.29) is 0 Å². The van der Waals surface area contributed by atoms with Crippen LogP contribution in [0.3, 0.4) is 0 Å². The third-order valence-electron chi connectivity index (χ3n) is 4.10. The molecule has 0 spiro atoms. The Morgan fingerprint density at radius 2 is 2.16 bits per heavy atom. The van der Waals surface area contributed by atoms with E-state index >= 15 is 0 Å². The van der Waals surface area contributed by atoms with Gasteiger partial charge in [0.2, 0.25) is 0 Å². The van der Waals surface area contributed by atoms with E-state index in [9.17, 15) is 0 Å². The highest BCUT2D eigenvalue weighted by Gasteiger charge is 2.32. The predicted octanol–water partition coefficient (Wildman–Crippen LogP) is 2.07. The molecule has 4 heteroatoms. The fourth-order valence-corrected chi connectivity index (χ4v) is 2.91. The molecule has 1 saturated carbocycles. The minimum absolute atomic E-state index is 0.640. The van der Waals surface area contributed by atoms with Crippen molar-refractivity contribution >= 4 is 5.82 Å². The van der Waals surface area contributed by atoms with E-state index in [0.29, 0.717) is 12.1 Å². The summed E-state index contributed by atoms with van der Waals surface area (Å²) in [5, 5.41) is 3.60. The van der Waals surface area contributed by atoms with E-state index in [2.05, 4.69) is 33.2 Å². The zero-order valence-corrected chi connectivity index (χ0v) is 12.0. The maximum Gasteiger partial charge on any atom is 0.132 e. The molecule has 2 fully saturated rings. The van der Waals surface area contributed by atoms with Gasteiger partial charge in [0.1, 0.15) is 11.6 Å². The number of nitrogens with one attached hydrogen (secondary N) is 1. The zero-order valence-electron chi connectivity index (χ0n) is 12.0. The highest BCUT2D eigenvalue weighted by atomic mass is 15.3. The van der Waals surface area contributed by atoms with Gasteiger partial charge in [0.05, 0.1) is 0 Å². The molecule has 1 aromatic heterocycles. The van der Waals surface area contributed by atoms with Crippen LogP contribution in [0.2, 0.25) is 0 Å². The molecule has 0 amide bonds. The molecule has 1 aliphatic carbocycles. The number of aromatic nitrogens is 2. The first-order valence-electron chi connectivity index (χ1n) is 7.61. The van der Waals surface area contributed by atoms with Crippen LogP contribution < -0.4 is 10.2 Å². The molecule has 104 valence electrons. The van der Waals surface area contributed by atoms with Gasteiger partial charge in [0, 0.05) is 30.4 Å². The highest BCUT2D eigenvalue weighted by Crippen LogP contribution is 2.31. The summed E-state index contributed by atoms with van der Waals surface area (Å²) in [7, 11) is 0. The first-order valence-corrected chi connectivity index (χ1v) is 7.61. The van der Waals surface area contributed by atoms with Crippen molar-refractivity contribution in [3.05, 3.63) is 17.6 Å². The molecule has 2 heterocycles.